The van der Waals surface area contributed by atoms with E-state index in [1.165, 1.54) is 37.5 Å². The van der Waals surface area contributed by atoms with Crippen LogP contribution in [0.4, 0.5) is 5.69 Å². The van der Waals surface area contributed by atoms with Crippen LogP contribution in [0, 0.1) is 7.14 Å². The van der Waals surface area contributed by atoms with E-state index in [2.05, 4.69) is 0 Å². The monoisotopic (exact) mass is 581 g/mol. The number of aromatic carboxylic acids is 1. The fourth-order valence-electron chi connectivity index (χ4n) is 2.31. The van der Waals surface area contributed by atoms with E-state index in [9.17, 15) is 19.5 Å². The van der Waals surface area contributed by atoms with Crippen molar-refractivity contribution in [1.29, 1.82) is 0 Å². The van der Waals surface area contributed by atoms with E-state index in [0.717, 1.165) is 3.57 Å². The Balaban J connectivity index is 2.84. The fourth-order valence-corrected chi connectivity index (χ4v) is 4.42. The summed E-state index contributed by atoms with van der Waals surface area (Å²) in [4.78, 5) is 37.7. The molecular formula is C17H13I2NO6. The molecule has 0 spiro atoms. The molecule has 1 aliphatic rings. The lowest BCUT2D eigenvalue weighted by Gasteiger charge is -2.25. The summed E-state index contributed by atoms with van der Waals surface area (Å²) in [5.74, 6) is -2.70. The number of allylic oxidation sites excluding steroid dienone is 2. The molecule has 0 aromatic heterocycles. The number of carboxylic acids is 1. The lowest BCUT2D eigenvalue weighted by Crippen LogP contribution is -2.29. The van der Waals surface area contributed by atoms with Gasteiger partial charge in [0.05, 0.1) is 31.0 Å². The summed E-state index contributed by atoms with van der Waals surface area (Å²) < 4.78 is 10.9. The Morgan fingerprint density at radius 3 is 2.27 bits per heavy atom. The van der Waals surface area contributed by atoms with Crippen LogP contribution in [0.15, 0.2) is 47.8 Å². The van der Waals surface area contributed by atoms with Crippen LogP contribution in [0.3, 0.4) is 0 Å². The number of anilines is 1. The highest BCUT2D eigenvalue weighted by Crippen LogP contribution is 2.34. The van der Waals surface area contributed by atoms with Crippen molar-refractivity contribution in [2.24, 2.45) is 0 Å². The first kappa shape index (κ1) is 20.4. The molecule has 0 saturated heterocycles. The van der Waals surface area contributed by atoms with Gasteiger partial charge in [0.2, 0.25) is 0 Å². The van der Waals surface area contributed by atoms with Crippen molar-refractivity contribution in [3.8, 4) is 0 Å². The summed E-state index contributed by atoms with van der Waals surface area (Å²) in [5, 5.41) is 9.62. The van der Waals surface area contributed by atoms with Gasteiger partial charge in [-0.05, 0) is 69.5 Å². The molecule has 7 nitrogen and oxygen atoms in total. The highest BCUT2D eigenvalue weighted by atomic mass is 127. The van der Waals surface area contributed by atoms with Gasteiger partial charge in [-0.15, -0.1) is 0 Å². The molecule has 0 fully saturated rings. The van der Waals surface area contributed by atoms with E-state index in [4.69, 9.17) is 9.47 Å². The van der Waals surface area contributed by atoms with Crippen molar-refractivity contribution in [3.63, 3.8) is 0 Å². The number of methoxy groups -OCH3 is 2. The second-order valence-corrected chi connectivity index (χ2v) is 7.31. The molecule has 0 aliphatic carbocycles. The third-order valence-electron chi connectivity index (χ3n) is 3.39. The van der Waals surface area contributed by atoms with Crippen LogP contribution in [0.5, 0.6) is 0 Å². The minimum atomic E-state index is -1.16. The number of benzene rings is 1. The van der Waals surface area contributed by atoms with Crippen LogP contribution < -0.4 is 4.90 Å². The van der Waals surface area contributed by atoms with Crippen molar-refractivity contribution < 1.29 is 29.0 Å². The van der Waals surface area contributed by atoms with E-state index >= 15 is 0 Å². The zero-order chi connectivity index (χ0) is 19.4. The second-order valence-electron chi connectivity index (χ2n) is 4.91. The van der Waals surface area contributed by atoms with Crippen LogP contribution in [-0.2, 0) is 19.1 Å². The van der Waals surface area contributed by atoms with Crippen LogP contribution in [0.1, 0.15) is 10.4 Å². The van der Waals surface area contributed by atoms with Crippen molar-refractivity contribution in [1.82, 2.24) is 0 Å². The highest BCUT2D eigenvalue weighted by Gasteiger charge is 2.31. The Bertz CT molecular complexity index is 872. The van der Waals surface area contributed by atoms with Crippen LogP contribution in [0.25, 0.3) is 0 Å². The van der Waals surface area contributed by atoms with Gasteiger partial charge in [-0.25, -0.2) is 14.4 Å². The molecule has 1 aromatic rings. The first-order chi connectivity index (χ1) is 12.3. The van der Waals surface area contributed by atoms with Crippen LogP contribution in [-0.4, -0.2) is 37.2 Å². The summed E-state index contributed by atoms with van der Waals surface area (Å²) in [6.07, 6.45) is 6.04. The predicted molar refractivity (Wildman–Crippen MR) is 111 cm³/mol. The molecule has 2 rings (SSSR count). The van der Waals surface area contributed by atoms with Gasteiger partial charge in [-0.1, -0.05) is 6.08 Å². The Labute approximate surface area is 176 Å². The summed E-state index contributed by atoms with van der Waals surface area (Å²) in [5.41, 5.74) is 0.0553. The molecule has 1 heterocycles. The number of esters is 2. The summed E-state index contributed by atoms with van der Waals surface area (Å²) >= 11 is 4.00. The molecule has 0 unspecified atom stereocenters. The van der Waals surface area contributed by atoms with Gasteiger partial charge in [0, 0.05) is 13.3 Å². The maximum atomic E-state index is 12.4. The third-order valence-corrected chi connectivity index (χ3v) is 4.83. The molecule has 0 saturated carbocycles. The average molecular weight is 581 g/mol. The van der Waals surface area contributed by atoms with Gasteiger partial charge in [0.1, 0.15) is 5.70 Å². The second kappa shape index (κ2) is 8.66. The minimum absolute atomic E-state index is 0.0153. The average Bonchev–Trinajstić information content (AvgIpc) is 2.82. The van der Waals surface area contributed by atoms with Crippen molar-refractivity contribution >= 4 is 68.8 Å². The number of hydrogen-bond acceptors (Lipinski definition) is 6. The third kappa shape index (κ3) is 4.09. The molecule has 1 aliphatic heterocycles. The zero-order valence-electron chi connectivity index (χ0n) is 13.7. The molecule has 9 heteroatoms. The van der Waals surface area contributed by atoms with E-state index in [-0.39, 0.29) is 22.5 Å². The molecule has 0 bridgehead atoms. The molecule has 0 amide bonds. The predicted octanol–water partition coefficient (Wildman–Crippen LogP) is 3.08. The molecule has 1 N–H and O–H groups in total. The van der Waals surface area contributed by atoms with Crippen LogP contribution >= 0.6 is 45.2 Å². The van der Waals surface area contributed by atoms with Crippen molar-refractivity contribution in [2.75, 3.05) is 19.1 Å². The number of rotatable bonds is 4. The number of hydrogen-bond donors (Lipinski definition) is 1. The smallest absolute Gasteiger partial charge is 0.355 e. The topological polar surface area (TPSA) is 93.1 Å². The first-order valence-electron chi connectivity index (χ1n) is 7.09. The number of carbonyl (C=O) groups excluding carboxylic acids is 2. The number of carboxylic acid groups (broad SMARTS) is 1. The summed E-state index contributed by atoms with van der Waals surface area (Å²) in [6, 6.07) is 3.25. The molecule has 0 radical (unpaired) electrons. The van der Waals surface area contributed by atoms with Crippen molar-refractivity contribution in [3.05, 3.63) is 60.5 Å². The standard InChI is InChI=1S/C17H13I2NO6/c1-25-16(23)10-5-3-4-6-20(14(10)17(24)26-2)13-11(15(21)22)7-9(18)8-12(13)19/h3-8H,1-2H3,(H,21,22). The quantitative estimate of drug-likeness (QED) is 0.432. The summed E-state index contributed by atoms with van der Waals surface area (Å²) in [6.45, 7) is 0. The molecule has 0 atom stereocenters. The Kier molecular flexibility index (Phi) is 6.81. The van der Waals surface area contributed by atoms with Gasteiger partial charge in [-0.2, -0.15) is 0 Å². The Hall–Kier alpha value is -1.89. The molecule has 1 aromatic carbocycles. The normalized spacial score (nSPS) is 13.5. The minimum Gasteiger partial charge on any atom is -0.478 e. The Morgan fingerprint density at radius 2 is 1.69 bits per heavy atom. The van der Waals surface area contributed by atoms with E-state index in [1.54, 1.807) is 18.2 Å². The lowest BCUT2D eigenvalue weighted by atomic mass is 10.1. The lowest BCUT2D eigenvalue weighted by molar-refractivity contribution is -0.139. The van der Waals surface area contributed by atoms with Crippen molar-refractivity contribution in [2.45, 2.75) is 0 Å². The number of nitrogens with zero attached hydrogens (tertiary/aromatic N) is 1. The van der Waals surface area contributed by atoms with Gasteiger partial charge in [0.25, 0.3) is 0 Å². The molecular weight excluding hydrogens is 568 g/mol. The van der Waals surface area contributed by atoms with Gasteiger partial charge in [0.15, 0.2) is 0 Å². The maximum Gasteiger partial charge on any atom is 0.355 e. The highest BCUT2D eigenvalue weighted by molar-refractivity contribution is 14.1. The van der Waals surface area contributed by atoms with Gasteiger partial charge in [-0.3, -0.25) is 0 Å². The number of halogens is 2. The summed E-state index contributed by atoms with van der Waals surface area (Å²) in [7, 11) is 2.37. The largest absolute Gasteiger partial charge is 0.478 e. The van der Waals surface area contributed by atoms with E-state index in [0.29, 0.717) is 3.57 Å². The van der Waals surface area contributed by atoms with Gasteiger partial charge >= 0.3 is 17.9 Å². The van der Waals surface area contributed by atoms with Crippen LogP contribution in [0.2, 0.25) is 0 Å². The molecule has 136 valence electrons. The van der Waals surface area contributed by atoms with E-state index in [1.807, 2.05) is 45.2 Å². The zero-order valence-corrected chi connectivity index (χ0v) is 18.0. The maximum absolute atomic E-state index is 12.4. The number of ether oxygens (including phenoxy) is 2. The number of carbonyl (C=O) groups is 3. The SMILES string of the molecule is COC(=O)C1=C(C(=O)OC)N(c2c(I)cc(I)cc2C(=O)O)C=CC=C1. The van der Waals surface area contributed by atoms with Gasteiger partial charge < -0.3 is 19.5 Å². The Morgan fingerprint density at radius 1 is 1.04 bits per heavy atom. The first-order valence-corrected chi connectivity index (χ1v) is 9.24. The molecule has 26 heavy (non-hydrogen) atoms. The fraction of sp³-hybridized carbons (Fsp3) is 0.118. The van der Waals surface area contributed by atoms with E-state index < -0.39 is 17.9 Å².